The third kappa shape index (κ3) is 13.1. The van der Waals surface area contributed by atoms with Gasteiger partial charge in [0.05, 0.1) is 0 Å². The standard InChI is InChI=1S/C24H32O.C13H18.2C2H6/c1-6-8-24(25)23(16-22(17(3)4)15-18(5)7-2)21-13-11-20(12-14-21)19-9-10-19;1-11-7-9-13(10-8-11)12-5-3-2-4-6-12;2*1-2/h7,11-17,19H,6,8-10H2,1-5H3;7-10,12H,2-6H2,1H3;2*1-2H3/b18-7-,22-15-,23-16-;;;. The van der Waals surface area contributed by atoms with Crippen LogP contribution in [-0.2, 0) is 4.79 Å². The number of ketones is 1. The quantitative estimate of drug-likeness (QED) is 0.216. The summed E-state index contributed by atoms with van der Waals surface area (Å²) >= 11 is 0. The van der Waals surface area contributed by atoms with Crippen molar-refractivity contribution in [2.24, 2.45) is 5.92 Å². The smallest absolute Gasteiger partial charge is 0.163 e. The van der Waals surface area contributed by atoms with Crippen molar-refractivity contribution in [3.8, 4) is 0 Å². The van der Waals surface area contributed by atoms with Gasteiger partial charge in [0.2, 0.25) is 0 Å². The highest BCUT2D eigenvalue weighted by molar-refractivity contribution is 6.21. The minimum Gasteiger partial charge on any atom is -0.294 e. The van der Waals surface area contributed by atoms with E-state index in [1.54, 1.807) is 5.56 Å². The number of hydrogen-bond donors (Lipinski definition) is 0. The maximum Gasteiger partial charge on any atom is 0.163 e. The molecule has 2 saturated carbocycles. The fourth-order valence-corrected chi connectivity index (χ4v) is 5.20. The third-order valence-electron chi connectivity index (χ3n) is 8.03. The zero-order valence-corrected chi connectivity index (χ0v) is 28.9. The Labute approximate surface area is 260 Å². The van der Waals surface area contributed by atoms with Crippen LogP contribution in [0.15, 0.2) is 77.9 Å². The van der Waals surface area contributed by atoms with Crippen LogP contribution >= 0.6 is 0 Å². The molecule has 232 valence electrons. The molecule has 2 aliphatic rings. The summed E-state index contributed by atoms with van der Waals surface area (Å²) in [6, 6.07) is 17.8. The van der Waals surface area contributed by atoms with Crippen LogP contribution in [0.1, 0.15) is 154 Å². The normalized spacial score (nSPS) is 15.9. The van der Waals surface area contributed by atoms with Crippen molar-refractivity contribution < 1.29 is 4.79 Å². The molecule has 2 aromatic carbocycles. The summed E-state index contributed by atoms with van der Waals surface area (Å²) in [5.41, 5.74) is 8.69. The number of carbonyl (C=O) groups excluding carboxylic acids is 1. The lowest BCUT2D eigenvalue weighted by Crippen LogP contribution is -2.04. The molecular weight excluding hydrogens is 508 g/mol. The summed E-state index contributed by atoms with van der Waals surface area (Å²) in [6.07, 6.45) is 17.6. The maximum absolute atomic E-state index is 12.8. The molecule has 1 heteroatoms. The Morgan fingerprint density at radius 1 is 0.786 bits per heavy atom. The van der Waals surface area contributed by atoms with Gasteiger partial charge in [-0.3, -0.25) is 4.79 Å². The molecule has 0 atom stereocenters. The van der Waals surface area contributed by atoms with E-state index < -0.39 is 0 Å². The van der Waals surface area contributed by atoms with Gasteiger partial charge in [-0.2, -0.15) is 0 Å². The van der Waals surface area contributed by atoms with E-state index in [2.05, 4.69) is 101 Å². The molecule has 0 radical (unpaired) electrons. The van der Waals surface area contributed by atoms with Gasteiger partial charge in [-0.15, -0.1) is 0 Å². The van der Waals surface area contributed by atoms with Gasteiger partial charge in [0.25, 0.3) is 0 Å². The van der Waals surface area contributed by atoms with Crippen LogP contribution in [0.25, 0.3) is 5.57 Å². The number of aryl methyl sites for hydroxylation is 1. The average molecular weight is 571 g/mol. The largest absolute Gasteiger partial charge is 0.294 e. The zero-order chi connectivity index (χ0) is 31.5. The fourth-order valence-electron chi connectivity index (χ4n) is 5.20. The number of carbonyl (C=O) groups is 1. The van der Waals surface area contributed by atoms with Crippen molar-refractivity contribution in [3.63, 3.8) is 0 Å². The number of rotatable bonds is 9. The Bertz CT molecular complexity index is 1100. The van der Waals surface area contributed by atoms with Crippen LogP contribution in [0.3, 0.4) is 0 Å². The monoisotopic (exact) mass is 570 g/mol. The van der Waals surface area contributed by atoms with Gasteiger partial charge in [-0.25, -0.2) is 0 Å². The molecule has 0 N–H and O–H groups in total. The summed E-state index contributed by atoms with van der Waals surface area (Å²) in [5.74, 6) is 2.22. The number of Topliss-reactive ketones (excluding diaryl/α,β-unsaturated/α-hetero) is 1. The summed E-state index contributed by atoms with van der Waals surface area (Å²) in [4.78, 5) is 12.8. The Kier molecular flexibility index (Phi) is 18.8. The van der Waals surface area contributed by atoms with Crippen molar-refractivity contribution >= 4 is 11.4 Å². The van der Waals surface area contributed by atoms with E-state index in [-0.39, 0.29) is 5.78 Å². The van der Waals surface area contributed by atoms with Crippen molar-refractivity contribution in [2.75, 3.05) is 0 Å². The molecule has 0 bridgehead atoms. The van der Waals surface area contributed by atoms with E-state index in [1.807, 2.05) is 34.6 Å². The topological polar surface area (TPSA) is 17.1 Å². The Morgan fingerprint density at radius 2 is 1.29 bits per heavy atom. The average Bonchev–Trinajstić information content (AvgIpc) is 3.88. The molecule has 0 amide bonds. The van der Waals surface area contributed by atoms with Gasteiger partial charge in [0, 0.05) is 12.0 Å². The molecule has 4 rings (SSSR count). The lowest BCUT2D eigenvalue weighted by Gasteiger charge is -2.21. The first kappa shape index (κ1) is 37.4. The fraction of sp³-hybridized carbons (Fsp3) is 0.537. The molecular formula is C41H62O. The van der Waals surface area contributed by atoms with Crippen molar-refractivity contribution in [1.82, 2.24) is 0 Å². The first-order valence-corrected chi connectivity index (χ1v) is 17.1. The highest BCUT2D eigenvalue weighted by Gasteiger charge is 2.23. The zero-order valence-electron chi connectivity index (χ0n) is 28.9. The summed E-state index contributed by atoms with van der Waals surface area (Å²) in [6.45, 7) is 20.7. The Hall–Kier alpha value is -2.67. The summed E-state index contributed by atoms with van der Waals surface area (Å²) in [5, 5.41) is 0. The van der Waals surface area contributed by atoms with E-state index in [0.29, 0.717) is 12.3 Å². The second kappa shape index (κ2) is 21.1. The predicted molar refractivity (Wildman–Crippen MR) is 188 cm³/mol. The van der Waals surface area contributed by atoms with Crippen LogP contribution < -0.4 is 0 Å². The molecule has 0 aliphatic heterocycles. The Morgan fingerprint density at radius 3 is 1.74 bits per heavy atom. The summed E-state index contributed by atoms with van der Waals surface area (Å²) in [7, 11) is 0. The number of allylic oxidation sites excluding steroid dienone is 6. The molecule has 0 unspecified atom stereocenters. The third-order valence-corrected chi connectivity index (χ3v) is 8.03. The Balaban J connectivity index is 0.000000433. The second-order valence-corrected chi connectivity index (χ2v) is 11.7. The van der Waals surface area contributed by atoms with E-state index in [1.165, 1.54) is 67.2 Å². The SMILES string of the molecule is CC.CC.C\C=C(C)/C=C(/C=C(\C(=O)CCC)c1ccc(C2CC2)cc1)C(C)C.Cc1ccc(C2CCCCC2)cc1. The highest BCUT2D eigenvalue weighted by atomic mass is 16.1. The number of benzene rings is 2. The highest BCUT2D eigenvalue weighted by Crippen LogP contribution is 2.40. The van der Waals surface area contributed by atoms with Crippen molar-refractivity contribution in [2.45, 2.75) is 139 Å². The molecule has 42 heavy (non-hydrogen) atoms. The van der Waals surface area contributed by atoms with Crippen LogP contribution in [0.4, 0.5) is 0 Å². The molecule has 1 nitrogen and oxygen atoms in total. The maximum atomic E-state index is 12.8. The van der Waals surface area contributed by atoms with Gasteiger partial charge in [0.1, 0.15) is 0 Å². The van der Waals surface area contributed by atoms with Crippen molar-refractivity contribution in [3.05, 3.63) is 100 Å². The molecule has 2 aliphatic carbocycles. The minimum atomic E-state index is 0.242. The van der Waals surface area contributed by atoms with E-state index in [9.17, 15) is 4.79 Å². The molecule has 0 heterocycles. The first-order valence-electron chi connectivity index (χ1n) is 17.1. The van der Waals surface area contributed by atoms with Crippen LogP contribution in [-0.4, -0.2) is 5.78 Å². The van der Waals surface area contributed by atoms with E-state index >= 15 is 0 Å². The van der Waals surface area contributed by atoms with Gasteiger partial charge >= 0.3 is 0 Å². The number of hydrogen-bond acceptors (Lipinski definition) is 1. The van der Waals surface area contributed by atoms with E-state index in [4.69, 9.17) is 0 Å². The van der Waals surface area contributed by atoms with E-state index in [0.717, 1.165) is 29.4 Å². The lowest BCUT2D eigenvalue weighted by atomic mass is 9.84. The molecule has 0 saturated heterocycles. The molecule has 2 aromatic rings. The van der Waals surface area contributed by atoms with Gasteiger partial charge in [-0.05, 0) is 99.0 Å². The van der Waals surface area contributed by atoms with Gasteiger partial charge < -0.3 is 0 Å². The van der Waals surface area contributed by atoms with Gasteiger partial charge in [0.15, 0.2) is 5.78 Å². The lowest BCUT2D eigenvalue weighted by molar-refractivity contribution is -0.113. The summed E-state index contributed by atoms with van der Waals surface area (Å²) < 4.78 is 0. The predicted octanol–water partition coefficient (Wildman–Crippen LogP) is 13.0. The minimum absolute atomic E-state index is 0.242. The molecule has 0 aromatic heterocycles. The van der Waals surface area contributed by atoms with Gasteiger partial charge in [-0.1, -0.05) is 140 Å². The second-order valence-electron chi connectivity index (χ2n) is 11.7. The van der Waals surface area contributed by atoms with Crippen molar-refractivity contribution in [1.29, 1.82) is 0 Å². The molecule has 2 fully saturated rings. The van der Waals surface area contributed by atoms with Crippen LogP contribution in [0, 0.1) is 12.8 Å². The first-order chi connectivity index (χ1) is 20.3. The van der Waals surface area contributed by atoms with Crippen LogP contribution in [0.5, 0.6) is 0 Å². The molecule has 0 spiro atoms. The van der Waals surface area contributed by atoms with Crippen LogP contribution in [0.2, 0.25) is 0 Å².